The standard InChI is InChI=1S/C21H30N4O3S/c1-14(2)11-12-22-18(26)13-29-16(4)20(27)23-19-15(3)24(5)25(21(19)28)17-9-7-6-8-10-17/h6-10,14,16H,11-13H2,1-5H3,(H,22,26)(H,23,27). The van der Waals surface area contributed by atoms with Gasteiger partial charge in [0.05, 0.1) is 22.4 Å². The molecule has 2 amide bonds. The molecule has 0 aliphatic rings. The van der Waals surface area contributed by atoms with E-state index in [1.54, 1.807) is 25.6 Å². The second-order valence-corrected chi connectivity index (χ2v) is 8.74. The minimum absolute atomic E-state index is 0.0855. The molecule has 0 aliphatic heterocycles. The Hall–Kier alpha value is -2.48. The normalized spacial score (nSPS) is 12.1. The maximum atomic E-state index is 12.9. The summed E-state index contributed by atoms with van der Waals surface area (Å²) in [5.74, 6) is 0.352. The molecule has 8 heteroatoms. The van der Waals surface area contributed by atoms with Gasteiger partial charge < -0.3 is 10.6 Å². The molecular formula is C21H30N4O3S. The molecule has 0 aliphatic carbocycles. The first kappa shape index (κ1) is 22.8. The molecule has 158 valence electrons. The van der Waals surface area contributed by atoms with E-state index in [1.165, 1.54) is 16.4 Å². The highest BCUT2D eigenvalue weighted by Crippen LogP contribution is 2.17. The van der Waals surface area contributed by atoms with Crippen LogP contribution in [0.4, 0.5) is 5.69 Å². The van der Waals surface area contributed by atoms with Crippen molar-refractivity contribution in [3.63, 3.8) is 0 Å². The van der Waals surface area contributed by atoms with E-state index in [0.717, 1.165) is 12.1 Å². The summed E-state index contributed by atoms with van der Waals surface area (Å²) in [5, 5.41) is 5.14. The molecule has 2 rings (SSSR count). The number of aromatic nitrogens is 2. The van der Waals surface area contributed by atoms with Gasteiger partial charge in [0.1, 0.15) is 5.69 Å². The molecule has 29 heavy (non-hydrogen) atoms. The zero-order valence-electron chi connectivity index (χ0n) is 17.7. The SMILES string of the molecule is Cc1c(NC(=O)C(C)SCC(=O)NCCC(C)C)c(=O)n(-c2ccccc2)n1C. The van der Waals surface area contributed by atoms with Gasteiger partial charge in [-0.05, 0) is 38.3 Å². The van der Waals surface area contributed by atoms with Crippen molar-refractivity contribution >= 4 is 29.3 Å². The Morgan fingerprint density at radius 3 is 2.41 bits per heavy atom. The van der Waals surface area contributed by atoms with Crippen molar-refractivity contribution in [2.75, 3.05) is 17.6 Å². The Morgan fingerprint density at radius 2 is 1.79 bits per heavy atom. The van der Waals surface area contributed by atoms with E-state index >= 15 is 0 Å². The predicted octanol–water partition coefficient (Wildman–Crippen LogP) is 2.71. The molecule has 7 nitrogen and oxygen atoms in total. The van der Waals surface area contributed by atoms with Crippen molar-refractivity contribution in [2.45, 2.75) is 39.4 Å². The minimum atomic E-state index is -0.463. The number of carbonyl (C=O) groups is 2. The van der Waals surface area contributed by atoms with Crippen LogP contribution < -0.4 is 16.2 Å². The first-order chi connectivity index (χ1) is 13.7. The molecule has 0 saturated carbocycles. The molecule has 1 atom stereocenters. The minimum Gasteiger partial charge on any atom is -0.355 e. The van der Waals surface area contributed by atoms with Crippen molar-refractivity contribution in [3.05, 3.63) is 46.4 Å². The van der Waals surface area contributed by atoms with E-state index in [1.807, 2.05) is 30.3 Å². The van der Waals surface area contributed by atoms with Crippen LogP contribution in [-0.4, -0.2) is 38.7 Å². The summed E-state index contributed by atoms with van der Waals surface area (Å²) in [6.07, 6.45) is 0.924. The number of rotatable bonds is 9. The van der Waals surface area contributed by atoms with Gasteiger partial charge >= 0.3 is 0 Å². The Kier molecular flexibility index (Phi) is 8.13. The van der Waals surface area contributed by atoms with Crippen molar-refractivity contribution < 1.29 is 9.59 Å². The van der Waals surface area contributed by atoms with Crippen LogP contribution in [0.3, 0.4) is 0 Å². The number of thioether (sulfide) groups is 1. The first-order valence-electron chi connectivity index (χ1n) is 9.75. The summed E-state index contributed by atoms with van der Waals surface area (Å²) in [4.78, 5) is 37.3. The number of benzene rings is 1. The molecule has 0 saturated heterocycles. The van der Waals surface area contributed by atoms with Crippen LogP contribution in [0.15, 0.2) is 35.1 Å². The summed E-state index contributed by atoms with van der Waals surface area (Å²) < 4.78 is 3.23. The number of hydrogen-bond donors (Lipinski definition) is 2. The fraction of sp³-hybridized carbons (Fsp3) is 0.476. The molecule has 0 radical (unpaired) electrons. The molecule has 2 aromatic rings. The van der Waals surface area contributed by atoms with E-state index in [4.69, 9.17) is 0 Å². The molecule has 2 N–H and O–H groups in total. The summed E-state index contributed by atoms with van der Waals surface area (Å²) in [5.41, 5.74) is 1.36. The molecule has 1 aromatic carbocycles. The summed E-state index contributed by atoms with van der Waals surface area (Å²) >= 11 is 1.25. The number of nitrogens with zero attached hydrogens (tertiary/aromatic N) is 2. The fourth-order valence-corrected chi connectivity index (χ4v) is 3.48. The van der Waals surface area contributed by atoms with Gasteiger partial charge in [-0.3, -0.25) is 19.1 Å². The molecule has 0 spiro atoms. The van der Waals surface area contributed by atoms with E-state index in [-0.39, 0.29) is 28.8 Å². The van der Waals surface area contributed by atoms with Gasteiger partial charge in [0.15, 0.2) is 0 Å². The average molecular weight is 419 g/mol. The van der Waals surface area contributed by atoms with Gasteiger partial charge in [-0.15, -0.1) is 11.8 Å². The Morgan fingerprint density at radius 1 is 1.14 bits per heavy atom. The van der Waals surface area contributed by atoms with E-state index in [9.17, 15) is 14.4 Å². The van der Waals surface area contributed by atoms with Crippen molar-refractivity contribution in [2.24, 2.45) is 13.0 Å². The molecular weight excluding hydrogens is 388 g/mol. The molecule has 1 aromatic heterocycles. The van der Waals surface area contributed by atoms with Gasteiger partial charge in [0.25, 0.3) is 5.56 Å². The fourth-order valence-electron chi connectivity index (χ4n) is 2.76. The molecule has 1 unspecified atom stereocenters. The number of nitrogens with one attached hydrogen (secondary N) is 2. The molecule has 1 heterocycles. The lowest BCUT2D eigenvalue weighted by molar-refractivity contribution is -0.118. The summed E-state index contributed by atoms with van der Waals surface area (Å²) in [7, 11) is 1.78. The van der Waals surface area contributed by atoms with E-state index in [2.05, 4.69) is 24.5 Å². The monoisotopic (exact) mass is 418 g/mol. The number of para-hydroxylation sites is 1. The van der Waals surface area contributed by atoms with Crippen LogP contribution in [0.2, 0.25) is 0 Å². The van der Waals surface area contributed by atoms with Gasteiger partial charge in [-0.25, -0.2) is 4.68 Å². The molecule has 0 bridgehead atoms. The summed E-state index contributed by atoms with van der Waals surface area (Å²) in [6, 6.07) is 9.26. The third-order valence-electron chi connectivity index (χ3n) is 4.68. The number of amides is 2. The lowest BCUT2D eigenvalue weighted by Crippen LogP contribution is -2.30. The third-order valence-corrected chi connectivity index (χ3v) is 5.82. The third kappa shape index (κ3) is 6.00. The lowest BCUT2D eigenvalue weighted by Gasteiger charge is -2.12. The van der Waals surface area contributed by atoms with Gasteiger partial charge in [0.2, 0.25) is 11.8 Å². The predicted molar refractivity (Wildman–Crippen MR) is 119 cm³/mol. The van der Waals surface area contributed by atoms with Crippen molar-refractivity contribution in [1.29, 1.82) is 0 Å². The summed E-state index contributed by atoms with van der Waals surface area (Å²) in [6.45, 7) is 8.36. The van der Waals surface area contributed by atoms with Crippen LogP contribution in [0.25, 0.3) is 5.69 Å². The quantitative estimate of drug-likeness (QED) is 0.656. The van der Waals surface area contributed by atoms with E-state index < -0.39 is 5.25 Å². The zero-order valence-corrected chi connectivity index (χ0v) is 18.5. The van der Waals surface area contributed by atoms with Crippen LogP contribution in [0, 0.1) is 12.8 Å². The van der Waals surface area contributed by atoms with Gasteiger partial charge in [-0.2, -0.15) is 0 Å². The number of anilines is 1. The van der Waals surface area contributed by atoms with Crippen molar-refractivity contribution in [3.8, 4) is 5.69 Å². The van der Waals surface area contributed by atoms with Crippen LogP contribution >= 0.6 is 11.8 Å². The highest BCUT2D eigenvalue weighted by atomic mass is 32.2. The topological polar surface area (TPSA) is 85.1 Å². The highest BCUT2D eigenvalue weighted by Gasteiger charge is 2.21. The number of hydrogen-bond acceptors (Lipinski definition) is 4. The Labute approximate surface area is 175 Å². The van der Waals surface area contributed by atoms with Crippen LogP contribution in [-0.2, 0) is 16.6 Å². The lowest BCUT2D eigenvalue weighted by atomic mass is 10.1. The highest BCUT2D eigenvalue weighted by molar-refractivity contribution is 8.01. The maximum Gasteiger partial charge on any atom is 0.295 e. The maximum absolute atomic E-state index is 12.9. The average Bonchev–Trinajstić information content (AvgIpc) is 2.89. The Balaban J connectivity index is 2.00. The largest absolute Gasteiger partial charge is 0.355 e. The second-order valence-electron chi connectivity index (χ2n) is 7.41. The van der Waals surface area contributed by atoms with Gasteiger partial charge in [-0.1, -0.05) is 32.0 Å². The molecule has 0 fully saturated rings. The number of carbonyl (C=O) groups excluding carboxylic acids is 2. The van der Waals surface area contributed by atoms with Gasteiger partial charge in [0, 0.05) is 13.6 Å². The van der Waals surface area contributed by atoms with Crippen LogP contribution in [0.5, 0.6) is 0 Å². The second kappa shape index (κ2) is 10.3. The van der Waals surface area contributed by atoms with Crippen molar-refractivity contribution in [1.82, 2.24) is 14.7 Å². The van der Waals surface area contributed by atoms with E-state index in [0.29, 0.717) is 18.2 Å². The zero-order chi connectivity index (χ0) is 21.6. The Bertz CT molecular complexity index is 903. The van der Waals surface area contributed by atoms with Crippen LogP contribution in [0.1, 0.15) is 32.9 Å². The first-order valence-corrected chi connectivity index (χ1v) is 10.8. The smallest absolute Gasteiger partial charge is 0.295 e.